The molecule has 0 radical (unpaired) electrons. The number of carbonyl (C=O) groups is 2. The molecular formula is C37H49N3O6. The number of aromatic nitrogens is 2. The molecule has 1 aromatic carbocycles. The Morgan fingerprint density at radius 1 is 1.07 bits per heavy atom. The maximum Gasteiger partial charge on any atom is 0.326 e. The van der Waals surface area contributed by atoms with Crippen LogP contribution < -0.4 is 9.47 Å². The number of fused-ring (bicyclic) bond motifs is 1. The van der Waals surface area contributed by atoms with Gasteiger partial charge in [-0.3, -0.25) is 4.79 Å². The predicted octanol–water partition coefficient (Wildman–Crippen LogP) is 7.21. The average molecular weight is 632 g/mol. The van der Waals surface area contributed by atoms with E-state index in [-0.39, 0.29) is 24.5 Å². The van der Waals surface area contributed by atoms with Crippen LogP contribution in [0.5, 0.6) is 11.8 Å². The Hall–Kier alpha value is -3.72. The smallest absolute Gasteiger partial charge is 0.326 e. The molecule has 9 heteroatoms. The molecule has 46 heavy (non-hydrogen) atoms. The summed E-state index contributed by atoms with van der Waals surface area (Å²) >= 11 is 0. The van der Waals surface area contributed by atoms with Crippen molar-refractivity contribution < 1.29 is 28.9 Å². The van der Waals surface area contributed by atoms with Crippen molar-refractivity contribution in [1.82, 2.24) is 14.9 Å². The van der Waals surface area contributed by atoms with Crippen LogP contribution in [0.25, 0.3) is 10.9 Å². The molecule has 1 aliphatic heterocycles. The lowest BCUT2D eigenvalue weighted by Gasteiger charge is -2.35. The van der Waals surface area contributed by atoms with Crippen molar-refractivity contribution in [2.45, 2.75) is 111 Å². The number of rotatable bonds is 9. The van der Waals surface area contributed by atoms with Crippen molar-refractivity contribution in [3.8, 4) is 11.8 Å². The van der Waals surface area contributed by atoms with Crippen LogP contribution in [0.4, 0.5) is 0 Å². The second-order valence-corrected chi connectivity index (χ2v) is 14.3. The molecule has 4 atom stereocenters. The first kappa shape index (κ1) is 33.6. The minimum atomic E-state index is -1.10. The zero-order valence-electron chi connectivity index (χ0n) is 28.5. The number of pyridine rings is 2. The van der Waals surface area contributed by atoms with E-state index in [0.29, 0.717) is 17.3 Å². The Morgan fingerprint density at radius 2 is 1.78 bits per heavy atom. The fraction of sp³-hybridized carbons (Fsp3) is 0.568. The number of likely N-dealkylation sites (tertiary alicyclic amines) is 1. The first-order chi connectivity index (χ1) is 21.8. The number of methoxy groups -OCH3 is 1. The molecule has 2 aromatic heterocycles. The van der Waals surface area contributed by atoms with Crippen molar-refractivity contribution >= 4 is 22.8 Å². The van der Waals surface area contributed by atoms with Crippen LogP contribution >= 0.6 is 0 Å². The lowest BCUT2D eigenvalue weighted by Crippen LogP contribution is -2.49. The molecule has 2 aliphatic rings. The summed E-state index contributed by atoms with van der Waals surface area (Å²) in [4.78, 5) is 38.8. The largest absolute Gasteiger partial charge is 0.481 e. The van der Waals surface area contributed by atoms with Gasteiger partial charge in [0.25, 0.3) is 0 Å². The van der Waals surface area contributed by atoms with Crippen LogP contribution in [0.1, 0.15) is 95.0 Å². The van der Waals surface area contributed by atoms with Crippen molar-refractivity contribution in [3.05, 3.63) is 58.8 Å². The van der Waals surface area contributed by atoms with Crippen molar-refractivity contribution in [3.63, 3.8) is 0 Å². The molecule has 1 saturated heterocycles. The quantitative estimate of drug-likeness (QED) is 0.264. The van der Waals surface area contributed by atoms with E-state index in [1.54, 1.807) is 18.2 Å². The summed E-state index contributed by atoms with van der Waals surface area (Å²) in [6.07, 6.45) is 5.29. The van der Waals surface area contributed by atoms with E-state index in [0.717, 1.165) is 59.7 Å². The molecule has 0 bridgehead atoms. The fourth-order valence-corrected chi connectivity index (χ4v) is 7.55. The van der Waals surface area contributed by atoms with Gasteiger partial charge in [0.2, 0.25) is 17.7 Å². The zero-order chi connectivity index (χ0) is 33.3. The Morgan fingerprint density at radius 3 is 2.41 bits per heavy atom. The van der Waals surface area contributed by atoms with Crippen LogP contribution in [0, 0.1) is 31.1 Å². The average Bonchev–Trinajstić information content (AvgIpc) is 3.35. The molecule has 3 aromatic rings. The molecular weight excluding hydrogens is 582 g/mol. The number of aliphatic carboxylic acids is 1. The van der Waals surface area contributed by atoms with Crippen LogP contribution in [-0.4, -0.2) is 57.2 Å². The number of carboxylic acid groups (broad SMARTS) is 1. The third-order valence-corrected chi connectivity index (χ3v) is 9.48. The van der Waals surface area contributed by atoms with Gasteiger partial charge in [0.05, 0.1) is 37.5 Å². The molecule has 248 valence electrons. The minimum Gasteiger partial charge on any atom is -0.481 e. The number of aryl methyl sites for hydroxylation is 2. The first-order valence-electron chi connectivity index (χ1n) is 16.5. The number of amides is 1. The van der Waals surface area contributed by atoms with E-state index < -0.39 is 35.5 Å². The second-order valence-electron chi connectivity index (χ2n) is 14.3. The lowest BCUT2D eigenvalue weighted by atomic mass is 9.73. The number of carbonyl (C=O) groups excluding carboxylic acids is 1. The van der Waals surface area contributed by atoms with E-state index in [4.69, 9.17) is 19.2 Å². The highest BCUT2D eigenvalue weighted by atomic mass is 16.5. The summed E-state index contributed by atoms with van der Waals surface area (Å²) in [6, 6.07) is 8.06. The van der Waals surface area contributed by atoms with Gasteiger partial charge in [0.15, 0.2) is 0 Å². The standard InChI is InChI=1S/C37H49N3O6/c1-21(2)46-34-26(15-12-16-38-34)30-32(45-20-25-19-27-23(4)17-22(3)18-28(27)39-33(25)44-8)29(37(5,6)7)31(36(42)43)40(30)35(41)24-13-10-9-11-14-24/h12,15-19,21,24,29-32H,9-11,13-14,20H2,1-8H3,(H,42,43)/t29-,30+,31+,32+/m1/s1. The molecule has 1 N–H and O–H groups in total. The number of benzene rings is 1. The van der Waals surface area contributed by atoms with Gasteiger partial charge < -0.3 is 24.2 Å². The van der Waals surface area contributed by atoms with E-state index in [1.165, 1.54) is 0 Å². The van der Waals surface area contributed by atoms with Crippen LogP contribution in [-0.2, 0) is 20.9 Å². The van der Waals surface area contributed by atoms with Crippen molar-refractivity contribution in [1.29, 1.82) is 0 Å². The fourth-order valence-electron chi connectivity index (χ4n) is 7.55. The third kappa shape index (κ3) is 6.70. The summed E-state index contributed by atoms with van der Waals surface area (Å²) < 4.78 is 18.8. The van der Waals surface area contributed by atoms with Crippen LogP contribution in [0.15, 0.2) is 36.5 Å². The van der Waals surface area contributed by atoms with Gasteiger partial charge in [-0.2, -0.15) is 0 Å². The normalized spacial score (nSPS) is 22.4. The van der Waals surface area contributed by atoms with E-state index >= 15 is 0 Å². The first-order valence-corrected chi connectivity index (χ1v) is 16.5. The second kappa shape index (κ2) is 13.6. The number of nitrogens with zero attached hydrogens (tertiary/aromatic N) is 3. The van der Waals surface area contributed by atoms with Gasteiger partial charge in [-0.25, -0.2) is 14.8 Å². The Bertz CT molecular complexity index is 1580. The highest BCUT2D eigenvalue weighted by Gasteiger charge is 2.60. The zero-order valence-corrected chi connectivity index (χ0v) is 28.5. The number of hydrogen-bond donors (Lipinski definition) is 1. The molecule has 1 saturated carbocycles. The molecule has 3 heterocycles. The maximum absolute atomic E-state index is 14.6. The summed E-state index contributed by atoms with van der Waals surface area (Å²) in [6.45, 7) is 14.1. The molecule has 9 nitrogen and oxygen atoms in total. The van der Waals surface area contributed by atoms with Gasteiger partial charge in [0.1, 0.15) is 6.04 Å². The topological polar surface area (TPSA) is 111 Å². The van der Waals surface area contributed by atoms with Gasteiger partial charge in [-0.05, 0) is 81.3 Å². The van der Waals surface area contributed by atoms with Gasteiger partial charge in [-0.15, -0.1) is 0 Å². The highest BCUT2D eigenvalue weighted by molar-refractivity contribution is 5.87. The predicted molar refractivity (Wildman–Crippen MR) is 177 cm³/mol. The summed E-state index contributed by atoms with van der Waals surface area (Å²) in [5.41, 5.74) is 3.92. The molecule has 0 unspecified atom stereocenters. The van der Waals surface area contributed by atoms with Crippen molar-refractivity contribution in [2.75, 3.05) is 7.11 Å². The summed E-state index contributed by atoms with van der Waals surface area (Å²) in [5, 5.41) is 11.9. The number of ether oxygens (including phenoxy) is 3. The number of hydrogen-bond acceptors (Lipinski definition) is 7. The summed E-state index contributed by atoms with van der Waals surface area (Å²) in [7, 11) is 1.59. The Labute approximate surface area is 272 Å². The molecule has 2 fully saturated rings. The SMILES string of the molecule is COc1nc2cc(C)cc(C)c2cc1CO[C@H]1[C@H](C(C)(C)C)[C@@H](C(=O)O)N(C(=O)C2CCCCC2)[C@H]1c1cccnc1OC(C)C. The summed E-state index contributed by atoms with van der Waals surface area (Å²) in [5.74, 6) is -1.11. The van der Waals surface area contributed by atoms with E-state index in [1.807, 2.05) is 65.8 Å². The monoisotopic (exact) mass is 631 g/mol. The Balaban J connectivity index is 1.66. The van der Waals surface area contributed by atoms with E-state index in [9.17, 15) is 14.7 Å². The molecule has 1 aliphatic carbocycles. The molecule has 0 spiro atoms. The van der Waals surface area contributed by atoms with Gasteiger partial charge in [0, 0.05) is 34.5 Å². The number of carboxylic acids is 1. The van der Waals surface area contributed by atoms with Gasteiger partial charge in [-0.1, -0.05) is 46.1 Å². The van der Waals surface area contributed by atoms with Gasteiger partial charge >= 0.3 is 5.97 Å². The van der Waals surface area contributed by atoms with Crippen molar-refractivity contribution in [2.24, 2.45) is 17.3 Å². The highest BCUT2D eigenvalue weighted by Crippen LogP contribution is 2.52. The van der Waals surface area contributed by atoms with Crippen LogP contribution in [0.2, 0.25) is 0 Å². The molecule has 5 rings (SSSR count). The maximum atomic E-state index is 14.6. The molecule has 1 amide bonds. The third-order valence-electron chi connectivity index (χ3n) is 9.48. The van der Waals surface area contributed by atoms with E-state index in [2.05, 4.69) is 18.0 Å². The minimum absolute atomic E-state index is 0.117. The Kier molecular flexibility index (Phi) is 9.92. The lowest BCUT2D eigenvalue weighted by molar-refractivity contribution is -0.154. The van der Waals surface area contributed by atoms with Crippen LogP contribution in [0.3, 0.4) is 0 Å².